The van der Waals surface area contributed by atoms with Crippen LogP contribution in [0.15, 0.2) is 24.3 Å². The molecule has 1 heterocycles. The summed E-state index contributed by atoms with van der Waals surface area (Å²) in [5, 5.41) is 9.11. The van der Waals surface area contributed by atoms with Gasteiger partial charge in [0.1, 0.15) is 0 Å². The summed E-state index contributed by atoms with van der Waals surface area (Å²) in [6.07, 6.45) is 6.71. The van der Waals surface area contributed by atoms with E-state index < -0.39 is 5.97 Å². The molecule has 1 saturated carbocycles. The molecular formula is C19H25NO3. The van der Waals surface area contributed by atoms with Crippen molar-refractivity contribution < 1.29 is 14.7 Å². The van der Waals surface area contributed by atoms with Gasteiger partial charge in [-0.1, -0.05) is 12.1 Å². The van der Waals surface area contributed by atoms with E-state index >= 15 is 0 Å². The third-order valence-corrected chi connectivity index (χ3v) is 5.32. The molecule has 4 nitrogen and oxygen atoms in total. The quantitative estimate of drug-likeness (QED) is 0.926. The SMILES string of the molecule is O=C(O)C1CCC(c2cccc(C(=O)N3CCCCC3)c2)CC1. The molecule has 0 bridgehead atoms. The maximum Gasteiger partial charge on any atom is 0.306 e. The van der Waals surface area contributed by atoms with E-state index in [2.05, 4.69) is 6.07 Å². The van der Waals surface area contributed by atoms with Gasteiger partial charge in [-0.15, -0.1) is 0 Å². The second-order valence-corrected chi connectivity index (χ2v) is 6.87. The molecule has 124 valence electrons. The Labute approximate surface area is 137 Å². The van der Waals surface area contributed by atoms with Crippen molar-refractivity contribution in [3.8, 4) is 0 Å². The Morgan fingerprint density at radius 3 is 2.35 bits per heavy atom. The lowest BCUT2D eigenvalue weighted by atomic mass is 9.78. The molecule has 1 aliphatic carbocycles. The highest BCUT2D eigenvalue weighted by Gasteiger charge is 2.27. The molecule has 0 aromatic heterocycles. The van der Waals surface area contributed by atoms with Gasteiger partial charge in [-0.2, -0.15) is 0 Å². The minimum absolute atomic E-state index is 0.144. The van der Waals surface area contributed by atoms with Crippen LogP contribution in [0.2, 0.25) is 0 Å². The molecule has 0 spiro atoms. The van der Waals surface area contributed by atoms with Crippen LogP contribution in [0.3, 0.4) is 0 Å². The van der Waals surface area contributed by atoms with Crippen LogP contribution in [0.25, 0.3) is 0 Å². The van der Waals surface area contributed by atoms with Crippen LogP contribution in [-0.4, -0.2) is 35.0 Å². The monoisotopic (exact) mass is 315 g/mol. The van der Waals surface area contributed by atoms with E-state index in [4.69, 9.17) is 5.11 Å². The van der Waals surface area contributed by atoms with Crippen LogP contribution in [0, 0.1) is 5.92 Å². The molecule has 1 aliphatic heterocycles. The number of piperidine rings is 1. The van der Waals surface area contributed by atoms with Crippen molar-refractivity contribution in [1.29, 1.82) is 0 Å². The number of aliphatic carboxylic acids is 1. The van der Waals surface area contributed by atoms with Gasteiger partial charge >= 0.3 is 5.97 Å². The summed E-state index contributed by atoms with van der Waals surface area (Å²) in [5.74, 6) is -0.327. The molecule has 0 unspecified atom stereocenters. The lowest BCUT2D eigenvalue weighted by Crippen LogP contribution is -2.35. The van der Waals surface area contributed by atoms with Gasteiger partial charge in [0.15, 0.2) is 0 Å². The topological polar surface area (TPSA) is 57.6 Å². The summed E-state index contributed by atoms with van der Waals surface area (Å²) in [4.78, 5) is 25.7. The first kappa shape index (κ1) is 16.0. The number of carboxylic acid groups (broad SMARTS) is 1. The number of carbonyl (C=O) groups excluding carboxylic acids is 1. The second kappa shape index (κ2) is 7.16. The molecular weight excluding hydrogens is 290 g/mol. The highest BCUT2D eigenvalue weighted by Crippen LogP contribution is 2.36. The first-order valence-corrected chi connectivity index (χ1v) is 8.77. The van der Waals surface area contributed by atoms with Gasteiger partial charge in [-0.3, -0.25) is 9.59 Å². The number of nitrogens with zero attached hydrogens (tertiary/aromatic N) is 1. The summed E-state index contributed by atoms with van der Waals surface area (Å²) < 4.78 is 0. The molecule has 2 fully saturated rings. The summed E-state index contributed by atoms with van der Waals surface area (Å²) in [6, 6.07) is 7.99. The van der Waals surface area contributed by atoms with Crippen molar-refractivity contribution in [3.05, 3.63) is 35.4 Å². The van der Waals surface area contributed by atoms with E-state index in [1.165, 1.54) is 12.0 Å². The maximum atomic E-state index is 12.6. The van der Waals surface area contributed by atoms with Gasteiger partial charge in [-0.25, -0.2) is 0 Å². The fraction of sp³-hybridized carbons (Fsp3) is 0.579. The molecule has 0 radical (unpaired) electrons. The number of carbonyl (C=O) groups is 2. The molecule has 23 heavy (non-hydrogen) atoms. The van der Waals surface area contributed by atoms with Gasteiger partial charge in [0, 0.05) is 18.7 Å². The van der Waals surface area contributed by atoms with Gasteiger partial charge in [0.05, 0.1) is 5.92 Å². The van der Waals surface area contributed by atoms with Crippen LogP contribution < -0.4 is 0 Å². The van der Waals surface area contributed by atoms with Crippen molar-refractivity contribution in [3.63, 3.8) is 0 Å². The summed E-state index contributed by atoms with van der Waals surface area (Å²) in [5.41, 5.74) is 1.97. The standard InChI is InChI=1S/C19H25NO3/c21-18(20-11-2-1-3-12-20)17-6-4-5-16(13-17)14-7-9-15(10-8-14)19(22)23/h4-6,13-15H,1-3,7-12H2,(H,22,23). The van der Waals surface area contributed by atoms with E-state index in [9.17, 15) is 9.59 Å². The summed E-state index contributed by atoms with van der Waals surface area (Å²) in [7, 11) is 0. The number of hydrogen-bond donors (Lipinski definition) is 1. The van der Waals surface area contributed by atoms with Gasteiger partial charge < -0.3 is 10.0 Å². The Morgan fingerprint density at radius 2 is 1.70 bits per heavy atom. The van der Waals surface area contributed by atoms with Crippen LogP contribution in [0.4, 0.5) is 0 Å². The molecule has 0 atom stereocenters. The predicted molar refractivity (Wildman–Crippen MR) is 88.5 cm³/mol. The number of hydrogen-bond acceptors (Lipinski definition) is 2. The van der Waals surface area contributed by atoms with E-state index in [-0.39, 0.29) is 11.8 Å². The molecule has 4 heteroatoms. The zero-order valence-electron chi connectivity index (χ0n) is 13.5. The van der Waals surface area contributed by atoms with Crippen LogP contribution in [-0.2, 0) is 4.79 Å². The minimum atomic E-state index is -0.669. The van der Waals surface area contributed by atoms with Crippen molar-refractivity contribution in [2.45, 2.75) is 50.9 Å². The summed E-state index contributed by atoms with van der Waals surface area (Å²) in [6.45, 7) is 1.74. The van der Waals surface area contributed by atoms with Crippen molar-refractivity contribution in [2.75, 3.05) is 13.1 Å². The Kier molecular flexibility index (Phi) is 4.99. The average molecular weight is 315 g/mol. The van der Waals surface area contributed by atoms with Gasteiger partial charge in [-0.05, 0) is 68.6 Å². The molecule has 3 rings (SSSR count). The van der Waals surface area contributed by atoms with Crippen molar-refractivity contribution in [1.82, 2.24) is 4.90 Å². The third kappa shape index (κ3) is 3.74. The number of rotatable bonds is 3. The van der Waals surface area contributed by atoms with Crippen LogP contribution >= 0.6 is 0 Å². The zero-order chi connectivity index (χ0) is 16.2. The number of benzene rings is 1. The molecule has 2 aliphatic rings. The predicted octanol–water partition coefficient (Wildman–Crippen LogP) is 3.67. The lowest BCUT2D eigenvalue weighted by molar-refractivity contribution is -0.142. The number of amides is 1. The van der Waals surface area contributed by atoms with Gasteiger partial charge in [0.2, 0.25) is 0 Å². The number of likely N-dealkylation sites (tertiary alicyclic amines) is 1. The maximum absolute atomic E-state index is 12.6. The zero-order valence-corrected chi connectivity index (χ0v) is 13.5. The highest BCUT2D eigenvalue weighted by atomic mass is 16.4. The van der Waals surface area contributed by atoms with E-state index in [0.29, 0.717) is 5.92 Å². The van der Waals surface area contributed by atoms with E-state index in [1.54, 1.807) is 0 Å². The highest BCUT2D eigenvalue weighted by molar-refractivity contribution is 5.94. The largest absolute Gasteiger partial charge is 0.481 e. The smallest absolute Gasteiger partial charge is 0.306 e. The van der Waals surface area contributed by atoms with E-state index in [1.807, 2.05) is 23.1 Å². The normalized spacial score (nSPS) is 25.1. The second-order valence-electron chi connectivity index (χ2n) is 6.87. The Hall–Kier alpha value is -1.84. The molecule has 1 saturated heterocycles. The summed E-state index contributed by atoms with van der Waals surface area (Å²) >= 11 is 0. The van der Waals surface area contributed by atoms with E-state index in [0.717, 1.165) is 57.2 Å². The molecule has 1 N–H and O–H groups in total. The van der Waals surface area contributed by atoms with Crippen molar-refractivity contribution >= 4 is 11.9 Å². The Morgan fingerprint density at radius 1 is 1.00 bits per heavy atom. The third-order valence-electron chi connectivity index (χ3n) is 5.32. The lowest BCUT2D eigenvalue weighted by Gasteiger charge is -2.28. The first-order valence-electron chi connectivity index (χ1n) is 8.77. The molecule has 1 aromatic carbocycles. The Balaban J connectivity index is 1.68. The van der Waals surface area contributed by atoms with Crippen molar-refractivity contribution in [2.24, 2.45) is 5.92 Å². The fourth-order valence-corrected chi connectivity index (χ4v) is 3.88. The van der Waals surface area contributed by atoms with Gasteiger partial charge in [0.25, 0.3) is 5.91 Å². The number of carboxylic acids is 1. The van der Waals surface area contributed by atoms with Crippen LogP contribution in [0.5, 0.6) is 0 Å². The molecule has 1 amide bonds. The fourth-order valence-electron chi connectivity index (χ4n) is 3.88. The minimum Gasteiger partial charge on any atom is -0.481 e. The Bertz CT molecular complexity index is 570. The average Bonchev–Trinajstić information content (AvgIpc) is 2.62. The van der Waals surface area contributed by atoms with Crippen LogP contribution in [0.1, 0.15) is 66.8 Å². The molecule has 1 aromatic rings. The first-order chi connectivity index (χ1) is 11.1.